The van der Waals surface area contributed by atoms with Gasteiger partial charge in [0.15, 0.2) is 0 Å². The van der Waals surface area contributed by atoms with Crippen molar-refractivity contribution < 1.29 is 4.79 Å². The van der Waals surface area contributed by atoms with Crippen LogP contribution in [0.3, 0.4) is 0 Å². The summed E-state index contributed by atoms with van der Waals surface area (Å²) < 4.78 is 0. The number of hydrogen-bond acceptors (Lipinski definition) is 3. The number of hydrogen-bond donors (Lipinski definition) is 2. The van der Waals surface area contributed by atoms with Crippen molar-refractivity contribution >= 4 is 28.6 Å². The third kappa shape index (κ3) is 2.38. The third-order valence-corrected chi connectivity index (χ3v) is 3.97. The molecule has 1 amide bonds. The molecule has 3 N–H and O–H groups in total. The molecule has 2 rings (SSSR count). The number of amides is 1. The first-order valence-electron chi connectivity index (χ1n) is 5.72. The molecule has 1 heterocycles. The van der Waals surface area contributed by atoms with E-state index in [0.29, 0.717) is 16.3 Å². The van der Waals surface area contributed by atoms with Gasteiger partial charge in [0.05, 0.1) is 16.3 Å². The molecule has 0 saturated heterocycles. The minimum absolute atomic E-state index is 0.103. The zero-order chi connectivity index (χ0) is 13.3. The second-order valence-corrected chi connectivity index (χ2v) is 5.62. The van der Waals surface area contributed by atoms with Crippen LogP contribution in [0.25, 0.3) is 0 Å². The molecular weight excluding hydrogens is 244 g/mol. The van der Waals surface area contributed by atoms with Crippen molar-refractivity contribution in [3.63, 3.8) is 0 Å². The van der Waals surface area contributed by atoms with E-state index in [1.807, 2.05) is 45.0 Å². The van der Waals surface area contributed by atoms with Crippen LogP contribution in [-0.2, 0) is 0 Å². The monoisotopic (exact) mass is 260 g/mol. The van der Waals surface area contributed by atoms with Gasteiger partial charge in [-0.2, -0.15) is 0 Å². The van der Waals surface area contributed by atoms with Gasteiger partial charge >= 0.3 is 0 Å². The summed E-state index contributed by atoms with van der Waals surface area (Å²) in [7, 11) is 0. The van der Waals surface area contributed by atoms with Crippen LogP contribution in [-0.4, -0.2) is 5.91 Å². The first-order valence-corrected chi connectivity index (χ1v) is 6.54. The molecule has 2 aromatic rings. The third-order valence-electron chi connectivity index (χ3n) is 2.97. The van der Waals surface area contributed by atoms with Crippen molar-refractivity contribution in [1.82, 2.24) is 0 Å². The SMILES string of the molecule is Cc1ccc(C(=O)Nc2c(N)ccc(C)c2C)s1. The van der Waals surface area contributed by atoms with E-state index in [1.165, 1.54) is 11.3 Å². The van der Waals surface area contributed by atoms with Crippen LogP contribution in [0.5, 0.6) is 0 Å². The number of benzene rings is 1. The second-order valence-electron chi connectivity index (χ2n) is 4.34. The van der Waals surface area contributed by atoms with Crippen LogP contribution >= 0.6 is 11.3 Å². The normalized spacial score (nSPS) is 10.4. The molecule has 0 radical (unpaired) electrons. The van der Waals surface area contributed by atoms with E-state index in [1.54, 1.807) is 0 Å². The summed E-state index contributed by atoms with van der Waals surface area (Å²) in [6.45, 7) is 5.94. The number of carbonyl (C=O) groups is 1. The van der Waals surface area contributed by atoms with Crippen LogP contribution in [0.15, 0.2) is 24.3 Å². The number of carbonyl (C=O) groups excluding carboxylic acids is 1. The minimum Gasteiger partial charge on any atom is -0.397 e. The Labute approximate surface area is 111 Å². The number of rotatable bonds is 2. The van der Waals surface area contributed by atoms with E-state index in [4.69, 9.17) is 5.73 Å². The zero-order valence-electron chi connectivity index (χ0n) is 10.7. The molecule has 0 atom stereocenters. The summed E-state index contributed by atoms with van der Waals surface area (Å²) in [5.74, 6) is -0.103. The summed E-state index contributed by atoms with van der Waals surface area (Å²) in [4.78, 5) is 13.9. The lowest BCUT2D eigenvalue weighted by Gasteiger charge is -2.12. The zero-order valence-corrected chi connectivity index (χ0v) is 11.5. The summed E-state index contributed by atoms with van der Waals surface area (Å²) in [5.41, 5.74) is 9.35. The number of aryl methyl sites for hydroxylation is 2. The van der Waals surface area contributed by atoms with Gasteiger partial charge in [0.1, 0.15) is 0 Å². The summed E-state index contributed by atoms with van der Waals surface area (Å²) in [6.07, 6.45) is 0. The lowest BCUT2D eigenvalue weighted by atomic mass is 10.1. The Morgan fingerprint density at radius 1 is 1.17 bits per heavy atom. The van der Waals surface area contributed by atoms with Gasteiger partial charge in [0.2, 0.25) is 0 Å². The quantitative estimate of drug-likeness (QED) is 0.812. The molecule has 3 nitrogen and oxygen atoms in total. The minimum atomic E-state index is -0.103. The average molecular weight is 260 g/mol. The van der Waals surface area contributed by atoms with Gasteiger partial charge < -0.3 is 11.1 Å². The second kappa shape index (κ2) is 4.82. The smallest absolute Gasteiger partial charge is 0.265 e. The maximum Gasteiger partial charge on any atom is 0.265 e. The molecule has 0 saturated carbocycles. The van der Waals surface area contributed by atoms with E-state index in [2.05, 4.69) is 5.32 Å². The van der Waals surface area contributed by atoms with Gasteiger partial charge in [-0.05, 0) is 50.1 Å². The van der Waals surface area contributed by atoms with Crippen LogP contribution in [0.1, 0.15) is 25.7 Å². The summed E-state index contributed by atoms with van der Waals surface area (Å²) >= 11 is 1.48. The van der Waals surface area contributed by atoms with Gasteiger partial charge in [-0.15, -0.1) is 11.3 Å². The molecule has 0 spiro atoms. The van der Waals surface area contributed by atoms with Gasteiger partial charge in [-0.1, -0.05) is 6.07 Å². The molecule has 1 aromatic heterocycles. The molecule has 0 bridgehead atoms. The number of nitrogens with one attached hydrogen (secondary N) is 1. The van der Waals surface area contributed by atoms with Crippen molar-refractivity contribution in [2.75, 3.05) is 11.1 Å². The Hall–Kier alpha value is -1.81. The molecule has 0 fully saturated rings. The highest BCUT2D eigenvalue weighted by Crippen LogP contribution is 2.27. The highest BCUT2D eigenvalue weighted by Gasteiger charge is 2.12. The molecule has 94 valence electrons. The van der Waals surface area contributed by atoms with Crippen LogP contribution in [0.2, 0.25) is 0 Å². The standard InChI is InChI=1S/C14H16N2OS/c1-8-4-6-11(15)13(10(8)3)16-14(17)12-7-5-9(2)18-12/h4-7H,15H2,1-3H3,(H,16,17). The van der Waals surface area contributed by atoms with E-state index in [-0.39, 0.29) is 5.91 Å². The van der Waals surface area contributed by atoms with Crippen molar-refractivity contribution in [2.45, 2.75) is 20.8 Å². The number of thiophene rings is 1. The Balaban J connectivity index is 2.30. The Kier molecular flexibility index (Phi) is 3.39. The van der Waals surface area contributed by atoms with Crippen molar-refractivity contribution in [1.29, 1.82) is 0 Å². The van der Waals surface area contributed by atoms with Gasteiger partial charge in [0.25, 0.3) is 5.91 Å². The fraction of sp³-hybridized carbons (Fsp3) is 0.214. The number of nitrogens with two attached hydrogens (primary N) is 1. The van der Waals surface area contributed by atoms with Gasteiger partial charge in [-0.25, -0.2) is 0 Å². The fourth-order valence-corrected chi connectivity index (χ4v) is 2.50. The molecule has 1 aromatic carbocycles. The number of anilines is 2. The Morgan fingerprint density at radius 3 is 2.50 bits per heavy atom. The average Bonchev–Trinajstić information content (AvgIpc) is 2.76. The van der Waals surface area contributed by atoms with E-state index < -0.39 is 0 Å². The van der Waals surface area contributed by atoms with Crippen LogP contribution < -0.4 is 11.1 Å². The maximum absolute atomic E-state index is 12.1. The Bertz CT molecular complexity index is 602. The van der Waals surface area contributed by atoms with Crippen molar-refractivity contribution in [3.05, 3.63) is 45.1 Å². The molecule has 0 aliphatic rings. The molecule has 18 heavy (non-hydrogen) atoms. The first-order chi connectivity index (χ1) is 8.49. The first kappa shape index (κ1) is 12.6. The maximum atomic E-state index is 12.1. The van der Waals surface area contributed by atoms with Crippen LogP contribution in [0.4, 0.5) is 11.4 Å². The highest BCUT2D eigenvalue weighted by molar-refractivity contribution is 7.14. The van der Waals surface area contributed by atoms with E-state index >= 15 is 0 Å². The lowest BCUT2D eigenvalue weighted by Crippen LogP contribution is -2.13. The number of nitrogen functional groups attached to an aromatic ring is 1. The Morgan fingerprint density at radius 2 is 1.89 bits per heavy atom. The lowest BCUT2D eigenvalue weighted by molar-refractivity contribution is 0.103. The summed E-state index contributed by atoms with van der Waals surface area (Å²) in [6, 6.07) is 7.54. The molecule has 0 unspecified atom stereocenters. The fourth-order valence-electron chi connectivity index (χ4n) is 1.73. The van der Waals surface area contributed by atoms with Gasteiger partial charge in [-0.3, -0.25) is 4.79 Å². The largest absolute Gasteiger partial charge is 0.397 e. The molecular formula is C14H16N2OS. The van der Waals surface area contributed by atoms with Gasteiger partial charge in [0, 0.05) is 4.88 Å². The van der Waals surface area contributed by atoms with Crippen molar-refractivity contribution in [3.8, 4) is 0 Å². The van der Waals surface area contributed by atoms with Crippen LogP contribution in [0, 0.1) is 20.8 Å². The van der Waals surface area contributed by atoms with Crippen molar-refractivity contribution in [2.24, 2.45) is 0 Å². The molecule has 0 aliphatic heterocycles. The molecule has 4 heteroatoms. The van der Waals surface area contributed by atoms with E-state index in [9.17, 15) is 4.79 Å². The van der Waals surface area contributed by atoms with E-state index in [0.717, 1.165) is 16.0 Å². The highest BCUT2D eigenvalue weighted by atomic mass is 32.1. The molecule has 0 aliphatic carbocycles. The summed E-state index contributed by atoms with van der Waals surface area (Å²) in [5, 5.41) is 2.90. The topological polar surface area (TPSA) is 55.1 Å². The predicted octanol–water partition coefficient (Wildman–Crippen LogP) is 3.51. The predicted molar refractivity (Wildman–Crippen MR) is 77.3 cm³/mol.